The molecule has 32 heavy (non-hydrogen) atoms. The van der Waals surface area contributed by atoms with Crippen LogP contribution in [0, 0.1) is 0 Å². The second-order valence-electron chi connectivity index (χ2n) is 7.89. The zero-order chi connectivity index (χ0) is 22.8. The van der Waals surface area contributed by atoms with Gasteiger partial charge in [0.05, 0.1) is 18.5 Å². The van der Waals surface area contributed by atoms with Gasteiger partial charge >= 0.3 is 5.69 Å². The summed E-state index contributed by atoms with van der Waals surface area (Å²) in [6.45, 7) is 1.57. The lowest BCUT2D eigenvalue weighted by Crippen LogP contribution is -2.42. The first-order chi connectivity index (χ1) is 15.4. The average Bonchev–Trinajstić information content (AvgIpc) is 3.16. The van der Waals surface area contributed by atoms with Crippen LogP contribution in [0.4, 0.5) is 5.69 Å². The van der Waals surface area contributed by atoms with Crippen molar-refractivity contribution in [2.45, 2.75) is 45.7 Å². The molecule has 1 aliphatic carbocycles. The van der Waals surface area contributed by atoms with E-state index in [0.717, 1.165) is 40.7 Å². The molecular weight excluding hydrogens is 430 g/mol. The Morgan fingerprint density at radius 3 is 2.69 bits per heavy atom. The number of thiophene rings is 1. The van der Waals surface area contributed by atoms with Gasteiger partial charge in [0.2, 0.25) is 5.91 Å². The summed E-state index contributed by atoms with van der Waals surface area (Å²) < 4.78 is 7.63. The van der Waals surface area contributed by atoms with Gasteiger partial charge in [0.25, 0.3) is 5.56 Å². The van der Waals surface area contributed by atoms with Crippen molar-refractivity contribution in [1.29, 1.82) is 0 Å². The Hall–Kier alpha value is -3.04. The second-order valence-corrected chi connectivity index (χ2v) is 8.98. The molecule has 3 aromatic rings. The van der Waals surface area contributed by atoms with Crippen LogP contribution >= 0.6 is 11.3 Å². The van der Waals surface area contributed by atoms with E-state index in [1.165, 1.54) is 29.9 Å². The maximum Gasteiger partial charge on any atom is 0.332 e. The maximum atomic E-state index is 13.2. The molecular formula is C23H25N3O5S. The fourth-order valence-electron chi connectivity index (χ4n) is 4.10. The summed E-state index contributed by atoms with van der Waals surface area (Å²) in [6.07, 6.45) is 3.73. The number of ketones is 1. The molecule has 0 unspecified atom stereocenters. The zero-order valence-corrected chi connectivity index (χ0v) is 18.9. The van der Waals surface area contributed by atoms with Crippen molar-refractivity contribution in [3.05, 3.63) is 61.1 Å². The fourth-order valence-corrected chi connectivity index (χ4v) is 5.47. The van der Waals surface area contributed by atoms with E-state index >= 15 is 0 Å². The van der Waals surface area contributed by atoms with Gasteiger partial charge < -0.3 is 10.1 Å². The van der Waals surface area contributed by atoms with Crippen LogP contribution in [-0.4, -0.2) is 34.5 Å². The zero-order valence-electron chi connectivity index (χ0n) is 18.1. The van der Waals surface area contributed by atoms with E-state index in [2.05, 4.69) is 5.32 Å². The van der Waals surface area contributed by atoms with Gasteiger partial charge in [0.15, 0.2) is 5.78 Å². The lowest BCUT2D eigenvalue weighted by Gasteiger charge is -2.13. The van der Waals surface area contributed by atoms with Crippen LogP contribution in [0.15, 0.2) is 33.9 Å². The quantitative estimate of drug-likeness (QED) is 0.552. The number of hydrogen-bond donors (Lipinski definition) is 1. The molecule has 0 saturated heterocycles. The van der Waals surface area contributed by atoms with Crippen molar-refractivity contribution in [2.24, 2.45) is 0 Å². The summed E-state index contributed by atoms with van der Waals surface area (Å²) in [5, 5.41) is 3.31. The minimum atomic E-state index is -0.522. The molecule has 0 spiro atoms. The third-order valence-corrected chi connectivity index (χ3v) is 7.01. The van der Waals surface area contributed by atoms with Gasteiger partial charge in [0.1, 0.15) is 11.4 Å². The monoisotopic (exact) mass is 455 g/mol. The van der Waals surface area contributed by atoms with E-state index in [1.807, 2.05) is 0 Å². The Bertz CT molecular complexity index is 1320. The van der Waals surface area contributed by atoms with E-state index in [1.54, 1.807) is 24.3 Å². The molecule has 0 fully saturated rings. The van der Waals surface area contributed by atoms with E-state index in [-0.39, 0.29) is 31.0 Å². The summed E-state index contributed by atoms with van der Waals surface area (Å²) >= 11 is 1.44. The van der Waals surface area contributed by atoms with Crippen molar-refractivity contribution >= 4 is 38.9 Å². The van der Waals surface area contributed by atoms with Gasteiger partial charge in [-0.2, -0.15) is 0 Å². The number of rotatable bonds is 7. The van der Waals surface area contributed by atoms with E-state index in [4.69, 9.17) is 4.74 Å². The fraction of sp³-hybridized carbons (Fsp3) is 0.391. The number of nitrogens with zero attached hydrogens (tertiary/aromatic N) is 2. The van der Waals surface area contributed by atoms with Gasteiger partial charge in [-0.15, -0.1) is 11.3 Å². The first-order valence-electron chi connectivity index (χ1n) is 10.6. The Kier molecular flexibility index (Phi) is 6.38. The predicted molar refractivity (Wildman–Crippen MR) is 124 cm³/mol. The molecule has 0 atom stereocenters. The molecule has 2 heterocycles. The van der Waals surface area contributed by atoms with Gasteiger partial charge in [-0.05, 0) is 50.3 Å². The van der Waals surface area contributed by atoms with Crippen molar-refractivity contribution < 1.29 is 14.3 Å². The Balaban J connectivity index is 1.75. The highest BCUT2D eigenvalue weighted by atomic mass is 32.1. The van der Waals surface area contributed by atoms with Gasteiger partial charge in [0, 0.05) is 23.2 Å². The molecule has 1 amide bonds. The number of Topliss-reactive ketones (excluding diaryl/α,β-unsaturated/α-hetero) is 1. The molecule has 0 saturated carbocycles. The number of aryl methyl sites for hydroxylation is 2. The largest absolute Gasteiger partial charge is 0.383 e. The molecule has 1 aromatic carbocycles. The number of fused-ring (bicyclic) bond motifs is 3. The van der Waals surface area contributed by atoms with Crippen molar-refractivity contribution in [3.63, 3.8) is 0 Å². The van der Waals surface area contributed by atoms with Crippen LogP contribution in [0.25, 0.3) is 10.2 Å². The second kappa shape index (κ2) is 9.22. The highest BCUT2D eigenvalue weighted by Gasteiger charge is 2.24. The van der Waals surface area contributed by atoms with Crippen LogP contribution in [0.3, 0.4) is 0 Å². The number of nitrogens with one attached hydrogen (secondary N) is 1. The molecule has 4 rings (SSSR count). The normalized spacial score (nSPS) is 13.2. The Morgan fingerprint density at radius 1 is 1.16 bits per heavy atom. The number of ether oxygens (including phenoxy) is 1. The number of carbonyl (C=O) groups excluding carboxylic acids is 2. The summed E-state index contributed by atoms with van der Waals surface area (Å²) in [7, 11) is 1.51. The summed E-state index contributed by atoms with van der Waals surface area (Å²) in [6, 6.07) is 6.65. The SMILES string of the molecule is COCCn1c(=O)c2c3c(sc2n(CC(=O)Nc2cccc(C(C)=O)c2)c1=O)CCCC3. The molecule has 1 aliphatic rings. The third kappa shape index (κ3) is 4.18. The number of anilines is 1. The van der Waals surface area contributed by atoms with Crippen LogP contribution in [0.5, 0.6) is 0 Å². The lowest BCUT2D eigenvalue weighted by molar-refractivity contribution is -0.116. The van der Waals surface area contributed by atoms with E-state index < -0.39 is 11.6 Å². The smallest absolute Gasteiger partial charge is 0.332 e. The number of aromatic nitrogens is 2. The topological polar surface area (TPSA) is 99.4 Å². The molecule has 8 nitrogen and oxygen atoms in total. The summed E-state index contributed by atoms with van der Waals surface area (Å²) in [5.41, 5.74) is 1.14. The van der Waals surface area contributed by atoms with Crippen LogP contribution in [-0.2, 0) is 35.5 Å². The van der Waals surface area contributed by atoms with E-state index in [9.17, 15) is 19.2 Å². The van der Waals surface area contributed by atoms with Gasteiger partial charge in [-0.1, -0.05) is 12.1 Å². The standard InChI is InChI=1S/C23H25N3O5S/c1-14(27)15-6-5-7-16(12-15)24-19(28)13-26-22-20(17-8-3-4-9-18(17)32-22)21(29)25(23(26)30)10-11-31-2/h5-7,12H,3-4,8-11,13H2,1-2H3,(H,24,28). The number of benzene rings is 1. The molecule has 0 aliphatic heterocycles. The summed E-state index contributed by atoms with van der Waals surface area (Å²) in [4.78, 5) is 52.5. The molecule has 1 N–H and O–H groups in total. The average molecular weight is 456 g/mol. The number of methoxy groups -OCH3 is 1. The van der Waals surface area contributed by atoms with Crippen molar-refractivity contribution in [1.82, 2.24) is 9.13 Å². The van der Waals surface area contributed by atoms with E-state index in [0.29, 0.717) is 21.5 Å². The first kappa shape index (κ1) is 22.2. The third-order valence-electron chi connectivity index (χ3n) is 5.69. The van der Waals surface area contributed by atoms with Gasteiger partial charge in [-0.3, -0.25) is 23.5 Å². The Morgan fingerprint density at radius 2 is 1.94 bits per heavy atom. The molecule has 0 radical (unpaired) electrons. The highest BCUT2D eigenvalue weighted by molar-refractivity contribution is 7.18. The number of carbonyl (C=O) groups is 2. The number of amides is 1. The molecule has 168 valence electrons. The molecule has 9 heteroatoms. The minimum absolute atomic E-state index is 0.103. The summed E-state index contributed by atoms with van der Waals surface area (Å²) in [5.74, 6) is -0.508. The number of hydrogen-bond acceptors (Lipinski definition) is 6. The minimum Gasteiger partial charge on any atom is -0.383 e. The van der Waals surface area contributed by atoms with Crippen molar-refractivity contribution in [2.75, 3.05) is 19.0 Å². The van der Waals surface area contributed by atoms with Crippen LogP contribution < -0.4 is 16.6 Å². The maximum absolute atomic E-state index is 13.2. The predicted octanol–water partition coefficient (Wildman–Crippen LogP) is 2.59. The van der Waals surface area contributed by atoms with Crippen molar-refractivity contribution in [3.8, 4) is 0 Å². The molecule has 0 bridgehead atoms. The Labute approximate surface area is 188 Å². The van der Waals surface area contributed by atoms with Crippen LogP contribution in [0.2, 0.25) is 0 Å². The van der Waals surface area contributed by atoms with Crippen LogP contribution in [0.1, 0.15) is 40.6 Å². The highest BCUT2D eigenvalue weighted by Crippen LogP contribution is 2.34. The van der Waals surface area contributed by atoms with Gasteiger partial charge in [-0.25, -0.2) is 4.79 Å². The lowest BCUT2D eigenvalue weighted by atomic mass is 9.97. The molecule has 2 aromatic heterocycles. The first-order valence-corrected chi connectivity index (χ1v) is 11.4.